The minimum absolute atomic E-state index is 0.183. The van der Waals surface area contributed by atoms with E-state index < -0.39 is 24.4 Å². The molecule has 0 radical (unpaired) electrons. The van der Waals surface area contributed by atoms with Gasteiger partial charge < -0.3 is 10.1 Å². The molecular weight excluding hydrogens is 296 g/mol. The number of rotatable bonds is 3. The van der Waals surface area contributed by atoms with Crippen molar-refractivity contribution in [3.05, 3.63) is 28.7 Å². The Balaban J connectivity index is 1.88. The molecule has 0 aliphatic carbocycles. The lowest BCUT2D eigenvalue weighted by Gasteiger charge is -2.11. The average molecular weight is 306 g/mol. The molecule has 0 amide bonds. The molecule has 0 aromatic heterocycles. The Labute approximate surface area is 105 Å². The molecule has 1 aliphatic rings. The summed E-state index contributed by atoms with van der Waals surface area (Å²) in [4.78, 5) is 10.8. The van der Waals surface area contributed by atoms with Gasteiger partial charge in [-0.1, -0.05) is 15.9 Å². The van der Waals surface area contributed by atoms with Gasteiger partial charge in [0.25, 0.3) is 0 Å². The molecule has 1 heterocycles. The van der Waals surface area contributed by atoms with Crippen molar-refractivity contribution in [2.45, 2.75) is 18.4 Å². The number of ether oxygens (including phenoxy) is 1. The standard InChI is InChI=1S/C11H10BrF2NO2/c12-7-1-3-8(4-2-7)15-6-9-5-11(13,14)10(16)17-9/h1-4,9,15H,5-6H2. The first-order chi connectivity index (χ1) is 7.97. The normalized spacial score (nSPS) is 22.3. The third kappa shape index (κ3) is 2.94. The zero-order valence-corrected chi connectivity index (χ0v) is 10.3. The molecule has 6 heteroatoms. The van der Waals surface area contributed by atoms with E-state index in [9.17, 15) is 13.6 Å². The van der Waals surface area contributed by atoms with Crippen LogP contribution in [0.15, 0.2) is 28.7 Å². The van der Waals surface area contributed by atoms with E-state index in [-0.39, 0.29) is 6.54 Å². The van der Waals surface area contributed by atoms with E-state index >= 15 is 0 Å². The van der Waals surface area contributed by atoms with E-state index in [1.165, 1.54) is 0 Å². The second-order valence-corrected chi connectivity index (χ2v) is 4.74. The van der Waals surface area contributed by atoms with Crippen LogP contribution in [-0.4, -0.2) is 24.5 Å². The average Bonchev–Trinajstić information content (AvgIpc) is 2.52. The molecule has 0 spiro atoms. The summed E-state index contributed by atoms with van der Waals surface area (Å²) in [6.07, 6.45) is -1.34. The smallest absolute Gasteiger partial charge is 0.377 e. The van der Waals surface area contributed by atoms with Gasteiger partial charge in [0.15, 0.2) is 0 Å². The number of hydrogen-bond donors (Lipinski definition) is 1. The van der Waals surface area contributed by atoms with Crippen LogP contribution in [0.3, 0.4) is 0 Å². The number of anilines is 1. The zero-order valence-electron chi connectivity index (χ0n) is 8.75. The summed E-state index contributed by atoms with van der Waals surface area (Å²) in [5.74, 6) is -4.77. The maximum absolute atomic E-state index is 12.9. The topological polar surface area (TPSA) is 38.3 Å². The number of alkyl halides is 2. The van der Waals surface area contributed by atoms with Gasteiger partial charge in [-0.3, -0.25) is 0 Å². The molecule has 0 saturated carbocycles. The van der Waals surface area contributed by atoms with E-state index in [2.05, 4.69) is 26.0 Å². The number of hydrogen-bond acceptors (Lipinski definition) is 3. The summed E-state index contributed by atoms with van der Waals surface area (Å²) in [6.45, 7) is 0.183. The van der Waals surface area contributed by atoms with E-state index in [0.717, 1.165) is 10.2 Å². The van der Waals surface area contributed by atoms with Gasteiger partial charge in [0, 0.05) is 10.2 Å². The Hall–Kier alpha value is -1.17. The monoisotopic (exact) mass is 305 g/mol. The molecule has 3 nitrogen and oxygen atoms in total. The van der Waals surface area contributed by atoms with Gasteiger partial charge in [0.1, 0.15) is 6.10 Å². The summed E-state index contributed by atoms with van der Waals surface area (Å²) >= 11 is 3.29. The van der Waals surface area contributed by atoms with Crippen LogP contribution in [0.2, 0.25) is 0 Å². The molecule has 1 fully saturated rings. The van der Waals surface area contributed by atoms with Gasteiger partial charge >= 0.3 is 11.9 Å². The number of halogens is 3. The van der Waals surface area contributed by atoms with Crippen molar-refractivity contribution >= 4 is 27.6 Å². The zero-order chi connectivity index (χ0) is 12.5. The van der Waals surface area contributed by atoms with Gasteiger partial charge in [-0.25, -0.2) is 4.79 Å². The number of carbonyl (C=O) groups is 1. The Kier molecular flexibility index (Phi) is 3.33. The van der Waals surface area contributed by atoms with Crippen molar-refractivity contribution in [2.24, 2.45) is 0 Å². The van der Waals surface area contributed by atoms with E-state index in [4.69, 9.17) is 0 Å². The van der Waals surface area contributed by atoms with Gasteiger partial charge in [-0.15, -0.1) is 0 Å². The maximum atomic E-state index is 12.9. The highest BCUT2D eigenvalue weighted by Crippen LogP contribution is 2.30. The summed E-state index contributed by atoms with van der Waals surface area (Å²) in [5.41, 5.74) is 0.791. The Bertz CT molecular complexity index is 422. The van der Waals surface area contributed by atoms with Crippen molar-refractivity contribution in [1.82, 2.24) is 0 Å². The van der Waals surface area contributed by atoms with Crippen molar-refractivity contribution in [3.8, 4) is 0 Å². The first-order valence-electron chi connectivity index (χ1n) is 5.06. The maximum Gasteiger partial charge on any atom is 0.377 e. The third-order valence-electron chi connectivity index (χ3n) is 2.43. The minimum atomic E-state index is -3.34. The number of cyclic esters (lactones) is 1. The van der Waals surface area contributed by atoms with Crippen LogP contribution in [-0.2, 0) is 9.53 Å². The predicted molar refractivity (Wildman–Crippen MR) is 62.1 cm³/mol. The van der Waals surface area contributed by atoms with Crippen LogP contribution in [0.1, 0.15) is 6.42 Å². The van der Waals surface area contributed by atoms with Crippen LogP contribution in [0, 0.1) is 0 Å². The van der Waals surface area contributed by atoms with Crippen molar-refractivity contribution in [3.63, 3.8) is 0 Å². The molecule has 1 atom stereocenters. The predicted octanol–water partition coefficient (Wildman–Crippen LogP) is 2.81. The number of benzene rings is 1. The summed E-state index contributed by atoms with van der Waals surface area (Å²) in [5, 5.41) is 2.94. The molecule has 1 saturated heterocycles. The van der Waals surface area contributed by atoms with Gasteiger partial charge in [0.05, 0.1) is 13.0 Å². The van der Waals surface area contributed by atoms with Crippen molar-refractivity contribution in [2.75, 3.05) is 11.9 Å². The number of carbonyl (C=O) groups excluding carboxylic acids is 1. The molecule has 1 N–H and O–H groups in total. The molecule has 2 rings (SSSR count). The first-order valence-corrected chi connectivity index (χ1v) is 5.85. The van der Waals surface area contributed by atoms with E-state index in [0.29, 0.717) is 0 Å². The Morgan fingerprint density at radius 2 is 2.06 bits per heavy atom. The van der Waals surface area contributed by atoms with Gasteiger partial charge in [0.2, 0.25) is 0 Å². The highest BCUT2D eigenvalue weighted by molar-refractivity contribution is 9.10. The fourth-order valence-electron chi connectivity index (χ4n) is 1.56. The Morgan fingerprint density at radius 1 is 1.41 bits per heavy atom. The largest absolute Gasteiger partial charge is 0.456 e. The van der Waals surface area contributed by atoms with Crippen LogP contribution in [0.5, 0.6) is 0 Å². The molecule has 1 aromatic rings. The van der Waals surface area contributed by atoms with Crippen molar-refractivity contribution in [1.29, 1.82) is 0 Å². The molecule has 17 heavy (non-hydrogen) atoms. The highest BCUT2D eigenvalue weighted by Gasteiger charge is 2.50. The molecule has 0 bridgehead atoms. The van der Waals surface area contributed by atoms with Crippen molar-refractivity contribution < 1.29 is 18.3 Å². The molecule has 1 unspecified atom stereocenters. The summed E-state index contributed by atoms with van der Waals surface area (Å²) in [7, 11) is 0. The quantitative estimate of drug-likeness (QED) is 0.873. The SMILES string of the molecule is O=C1OC(CNc2ccc(Br)cc2)CC1(F)F. The lowest BCUT2D eigenvalue weighted by Crippen LogP contribution is -2.22. The van der Waals surface area contributed by atoms with Gasteiger partial charge in [-0.05, 0) is 24.3 Å². The lowest BCUT2D eigenvalue weighted by molar-refractivity contribution is -0.158. The van der Waals surface area contributed by atoms with E-state index in [1.54, 1.807) is 12.1 Å². The second-order valence-electron chi connectivity index (χ2n) is 3.82. The fourth-order valence-corrected chi connectivity index (χ4v) is 1.83. The second kappa shape index (κ2) is 4.60. The molecule has 1 aliphatic heterocycles. The minimum Gasteiger partial charge on any atom is -0.456 e. The Morgan fingerprint density at radius 3 is 2.59 bits per heavy atom. The van der Waals surface area contributed by atoms with Crippen LogP contribution in [0.25, 0.3) is 0 Å². The summed E-state index contributed by atoms with van der Waals surface area (Å²) in [6, 6.07) is 7.27. The number of esters is 1. The van der Waals surface area contributed by atoms with Crippen LogP contribution < -0.4 is 5.32 Å². The molecule has 1 aromatic carbocycles. The third-order valence-corrected chi connectivity index (χ3v) is 2.96. The van der Waals surface area contributed by atoms with Gasteiger partial charge in [-0.2, -0.15) is 8.78 Å². The highest BCUT2D eigenvalue weighted by atomic mass is 79.9. The number of nitrogens with one attached hydrogen (secondary N) is 1. The van der Waals surface area contributed by atoms with Crippen LogP contribution in [0.4, 0.5) is 14.5 Å². The van der Waals surface area contributed by atoms with E-state index in [1.807, 2.05) is 12.1 Å². The van der Waals surface area contributed by atoms with Crippen LogP contribution >= 0.6 is 15.9 Å². The fraction of sp³-hybridized carbons (Fsp3) is 0.364. The molecule has 92 valence electrons. The summed E-state index contributed by atoms with van der Waals surface area (Å²) < 4.78 is 31.2. The lowest BCUT2D eigenvalue weighted by atomic mass is 10.2. The molecular formula is C11H10BrF2NO2. The first kappa shape index (κ1) is 12.3.